The third-order valence-corrected chi connectivity index (χ3v) is 1.93. The zero-order valence-corrected chi connectivity index (χ0v) is 8.17. The normalized spacial score (nSPS) is 21.5. The van der Waals surface area contributed by atoms with Gasteiger partial charge in [-0.3, -0.25) is 4.79 Å². The molecule has 1 saturated heterocycles. The van der Waals surface area contributed by atoms with Crippen LogP contribution in [0.4, 0.5) is 13.2 Å². The Morgan fingerprint density at radius 3 is 2.57 bits per heavy atom. The second-order valence-electron chi connectivity index (χ2n) is 3.00. The van der Waals surface area contributed by atoms with E-state index in [9.17, 15) is 18.0 Å². The molecule has 0 radical (unpaired) electrons. The van der Waals surface area contributed by atoms with E-state index >= 15 is 0 Å². The van der Waals surface area contributed by atoms with Crippen molar-refractivity contribution in [3.63, 3.8) is 0 Å². The maximum atomic E-state index is 11.7. The Balaban J connectivity index is 0.00000169. The van der Waals surface area contributed by atoms with E-state index in [4.69, 9.17) is 0 Å². The third kappa shape index (κ3) is 4.15. The van der Waals surface area contributed by atoms with Gasteiger partial charge in [-0.25, -0.2) is 0 Å². The first-order valence-corrected chi connectivity index (χ1v) is 4.08. The van der Waals surface area contributed by atoms with Crippen LogP contribution in [-0.2, 0) is 4.79 Å². The van der Waals surface area contributed by atoms with Gasteiger partial charge in [-0.05, 0) is 19.4 Å². The van der Waals surface area contributed by atoms with Gasteiger partial charge in [0.2, 0.25) is 0 Å². The van der Waals surface area contributed by atoms with Crippen molar-refractivity contribution in [1.82, 2.24) is 10.6 Å². The SMILES string of the molecule is Cl.O=C(NCC1CCCN1)C(F)(F)F. The van der Waals surface area contributed by atoms with Crippen LogP contribution in [0.25, 0.3) is 0 Å². The molecule has 1 rings (SSSR count). The lowest BCUT2D eigenvalue weighted by molar-refractivity contribution is -0.173. The van der Waals surface area contributed by atoms with Crippen molar-refractivity contribution in [2.45, 2.75) is 25.1 Å². The molecule has 84 valence electrons. The van der Waals surface area contributed by atoms with Gasteiger partial charge in [-0.2, -0.15) is 13.2 Å². The molecule has 0 aromatic rings. The Hall–Kier alpha value is -0.490. The topological polar surface area (TPSA) is 41.1 Å². The summed E-state index contributed by atoms with van der Waals surface area (Å²) in [6, 6.07) is -0.00806. The lowest BCUT2D eigenvalue weighted by Gasteiger charge is -2.12. The van der Waals surface area contributed by atoms with Gasteiger partial charge in [0.1, 0.15) is 0 Å². The maximum absolute atomic E-state index is 11.7. The minimum Gasteiger partial charge on any atom is -0.347 e. The van der Waals surface area contributed by atoms with Crippen LogP contribution in [0.15, 0.2) is 0 Å². The number of carbonyl (C=O) groups excluding carboxylic acids is 1. The Labute approximate surface area is 85.8 Å². The van der Waals surface area contributed by atoms with Gasteiger partial charge in [0, 0.05) is 12.6 Å². The minimum absolute atomic E-state index is 0. The lowest BCUT2D eigenvalue weighted by Crippen LogP contribution is -2.43. The molecule has 14 heavy (non-hydrogen) atoms. The molecular weight excluding hydrogens is 221 g/mol. The highest BCUT2D eigenvalue weighted by Gasteiger charge is 2.38. The smallest absolute Gasteiger partial charge is 0.347 e. The van der Waals surface area contributed by atoms with Crippen LogP contribution in [0.5, 0.6) is 0 Å². The molecule has 1 unspecified atom stereocenters. The number of alkyl halides is 3. The first-order chi connectivity index (χ1) is 6.00. The lowest BCUT2D eigenvalue weighted by atomic mass is 10.2. The van der Waals surface area contributed by atoms with Crippen LogP contribution in [0.1, 0.15) is 12.8 Å². The van der Waals surface area contributed by atoms with Crippen LogP contribution >= 0.6 is 12.4 Å². The summed E-state index contributed by atoms with van der Waals surface area (Å²) in [5.74, 6) is -1.86. The third-order valence-electron chi connectivity index (χ3n) is 1.93. The monoisotopic (exact) mass is 232 g/mol. The first-order valence-electron chi connectivity index (χ1n) is 4.08. The van der Waals surface area contributed by atoms with Gasteiger partial charge in [0.15, 0.2) is 0 Å². The molecule has 2 N–H and O–H groups in total. The second-order valence-corrected chi connectivity index (χ2v) is 3.00. The molecule has 0 aromatic heterocycles. The molecule has 1 heterocycles. The van der Waals surface area contributed by atoms with E-state index < -0.39 is 12.1 Å². The highest BCUT2D eigenvalue weighted by atomic mass is 35.5. The van der Waals surface area contributed by atoms with Crippen LogP contribution in [0.3, 0.4) is 0 Å². The Morgan fingerprint density at radius 1 is 1.50 bits per heavy atom. The molecule has 1 amide bonds. The van der Waals surface area contributed by atoms with Crippen molar-refractivity contribution in [1.29, 1.82) is 0 Å². The molecule has 1 atom stereocenters. The van der Waals surface area contributed by atoms with Gasteiger partial charge in [0.25, 0.3) is 0 Å². The number of carbonyl (C=O) groups is 1. The van der Waals surface area contributed by atoms with Gasteiger partial charge in [-0.15, -0.1) is 12.4 Å². The molecule has 0 spiro atoms. The minimum atomic E-state index is -4.77. The Morgan fingerprint density at radius 2 is 2.14 bits per heavy atom. The fraction of sp³-hybridized carbons (Fsp3) is 0.857. The number of amides is 1. The quantitative estimate of drug-likeness (QED) is 0.741. The van der Waals surface area contributed by atoms with Crippen molar-refractivity contribution < 1.29 is 18.0 Å². The number of halogens is 4. The summed E-state index contributed by atoms with van der Waals surface area (Å²) >= 11 is 0. The molecule has 7 heteroatoms. The van der Waals surface area contributed by atoms with Crippen molar-refractivity contribution in [2.75, 3.05) is 13.1 Å². The fourth-order valence-corrected chi connectivity index (χ4v) is 1.25. The molecule has 0 aliphatic carbocycles. The van der Waals surface area contributed by atoms with Crippen molar-refractivity contribution in [2.24, 2.45) is 0 Å². The van der Waals surface area contributed by atoms with Crippen LogP contribution in [0.2, 0.25) is 0 Å². The Kier molecular flexibility index (Phi) is 5.22. The van der Waals surface area contributed by atoms with E-state index in [2.05, 4.69) is 5.32 Å². The highest BCUT2D eigenvalue weighted by molar-refractivity contribution is 5.85. The predicted molar refractivity (Wildman–Crippen MR) is 47.3 cm³/mol. The van der Waals surface area contributed by atoms with Gasteiger partial charge in [-0.1, -0.05) is 0 Å². The molecule has 1 aliphatic heterocycles. The molecule has 0 saturated carbocycles. The Bertz CT molecular complexity index is 192. The van der Waals surface area contributed by atoms with Gasteiger partial charge < -0.3 is 10.6 Å². The van der Waals surface area contributed by atoms with Crippen molar-refractivity contribution in [3.8, 4) is 0 Å². The average Bonchev–Trinajstić information content (AvgIpc) is 2.50. The molecule has 1 fully saturated rings. The molecule has 0 bridgehead atoms. The maximum Gasteiger partial charge on any atom is 0.471 e. The molecule has 3 nitrogen and oxygen atoms in total. The van der Waals surface area contributed by atoms with E-state index in [1.807, 2.05) is 5.32 Å². The summed E-state index contributed by atoms with van der Waals surface area (Å²) in [7, 11) is 0. The van der Waals surface area contributed by atoms with E-state index in [1.165, 1.54) is 0 Å². The number of hydrogen-bond acceptors (Lipinski definition) is 2. The molecular formula is C7H12ClF3N2O. The summed E-state index contributed by atoms with van der Waals surface area (Å²) in [4.78, 5) is 10.4. The van der Waals surface area contributed by atoms with Gasteiger partial charge >= 0.3 is 12.1 Å². The summed E-state index contributed by atoms with van der Waals surface area (Å²) in [6.45, 7) is 0.866. The average molecular weight is 233 g/mol. The van der Waals surface area contributed by atoms with E-state index in [-0.39, 0.29) is 25.0 Å². The number of rotatable bonds is 2. The molecule has 1 aliphatic rings. The standard InChI is InChI=1S/C7H11F3N2O.ClH/c8-7(9,10)6(13)12-4-5-2-1-3-11-5;/h5,11H,1-4H2,(H,12,13);1H. The van der Waals surface area contributed by atoms with Crippen molar-refractivity contribution in [3.05, 3.63) is 0 Å². The highest BCUT2D eigenvalue weighted by Crippen LogP contribution is 2.14. The van der Waals surface area contributed by atoms with Crippen LogP contribution < -0.4 is 10.6 Å². The summed E-state index contributed by atoms with van der Waals surface area (Å²) in [6.07, 6.45) is -3.00. The zero-order valence-electron chi connectivity index (χ0n) is 7.36. The number of hydrogen-bond donors (Lipinski definition) is 2. The van der Waals surface area contributed by atoms with Crippen molar-refractivity contribution >= 4 is 18.3 Å². The fourth-order valence-electron chi connectivity index (χ4n) is 1.25. The summed E-state index contributed by atoms with van der Waals surface area (Å²) in [5, 5.41) is 4.82. The first kappa shape index (κ1) is 13.5. The largest absolute Gasteiger partial charge is 0.471 e. The predicted octanol–water partition coefficient (Wildman–Crippen LogP) is 0.839. The van der Waals surface area contributed by atoms with E-state index in [0.29, 0.717) is 0 Å². The summed E-state index contributed by atoms with van der Waals surface area (Å²) in [5.41, 5.74) is 0. The summed E-state index contributed by atoms with van der Waals surface area (Å²) < 4.78 is 35.1. The molecule has 0 aromatic carbocycles. The second kappa shape index (κ2) is 5.41. The van der Waals surface area contributed by atoms with E-state index in [1.54, 1.807) is 0 Å². The number of nitrogens with one attached hydrogen (secondary N) is 2. The zero-order chi connectivity index (χ0) is 9.90. The van der Waals surface area contributed by atoms with Crippen LogP contribution in [-0.4, -0.2) is 31.2 Å². The van der Waals surface area contributed by atoms with Crippen LogP contribution in [0, 0.1) is 0 Å². The van der Waals surface area contributed by atoms with Gasteiger partial charge in [0.05, 0.1) is 0 Å². The van der Waals surface area contributed by atoms with E-state index in [0.717, 1.165) is 19.4 Å².